The zero-order valence-corrected chi connectivity index (χ0v) is 11.1. The van der Waals surface area contributed by atoms with Crippen LogP contribution in [0.25, 0.3) is 0 Å². The highest BCUT2D eigenvalue weighted by Gasteiger charge is 2.10. The molecule has 0 spiro atoms. The maximum absolute atomic E-state index is 13.9. The van der Waals surface area contributed by atoms with E-state index in [0.717, 1.165) is 0 Å². The van der Waals surface area contributed by atoms with Gasteiger partial charge in [0.1, 0.15) is 12.4 Å². The van der Waals surface area contributed by atoms with Crippen molar-refractivity contribution in [1.29, 1.82) is 0 Å². The van der Waals surface area contributed by atoms with Gasteiger partial charge in [-0.3, -0.25) is 0 Å². The molecule has 0 aliphatic carbocycles. The summed E-state index contributed by atoms with van der Waals surface area (Å²) in [4.78, 5) is 0. The molecule has 0 fully saturated rings. The summed E-state index contributed by atoms with van der Waals surface area (Å²) in [5.74, 6) is 0.161. The number of hydrogen-bond donors (Lipinski definition) is 1. The van der Waals surface area contributed by atoms with Gasteiger partial charge in [0.15, 0.2) is 11.6 Å². The fourth-order valence-corrected chi connectivity index (χ4v) is 1.78. The first-order chi connectivity index (χ1) is 9.11. The van der Waals surface area contributed by atoms with Crippen molar-refractivity contribution in [3.63, 3.8) is 0 Å². The summed E-state index contributed by atoms with van der Waals surface area (Å²) < 4.78 is 24.3. The molecule has 3 nitrogen and oxygen atoms in total. The van der Waals surface area contributed by atoms with E-state index < -0.39 is 5.82 Å². The van der Waals surface area contributed by atoms with Crippen LogP contribution in [0, 0.1) is 5.82 Å². The third-order valence-corrected chi connectivity index (χ3v) is 2.91. The van der Waals surface area contributed by atoms with E-state index in [2.05, 4.69) is 0 Å². The fraction of sp³-hybridized carbons (Fsp3) is 0.143. The molecule has 0 bridgehead atoms. The number of halogens is 2. The van der Waals surface area contributed by atoms with Gasteiger partial charge in [-0.2, -0.15) is 0 Å². The Morgan fingerprint density at radius 1 is 1.21 bits per heavy atom. The lowest BCUT2D eigenvalue weighted by atomic mass is 10.2. The van der Waals surface area contributed by atoms with Crippen LogP contribution in [0.1, 0.15) is 5.56 Å². The number of nitrogens with two attached hydrogens (primary N) is 1. The molecule has 100 valence electrons. The van der Waals surface area contributed by atoms with Crippen molar-refractivity contribution in [3.8, 4) is 11.5 Å². The number of methoxy groups -OCH3 is 1. The third kappa shape index (κ3) is 3.09. The number of hydrogen-bond acceptors (Lipinski definition) is 3. The number of anilines is 1. The number of ether oxygens (including phenoxy) is 2. The molecule has 0 aliphatic rings. The Balaban J connectivity index is 2.17. The lowest BCUT2D eigenvalue weighted by Crippen LogP contribution is -2.01. The zero-order chi connectivity index (χ0) is 13.8. The van der Waals surface area contributed by atoms with E-state index in [1.807, 2.05) is 0 Å². The first kappa shape index (κ1) is 13.5. The van der Waals surface area contributed by atoms with Crippen LogP contribution >= 0.6 is 11.6 Å². The second kappa shape index (κ2) is 5.80. The smallest absolute Gasteiger partial charge is 0.171 e. The molecule has 0 radical (unpaired) electrons. The monoisotopic (exact) mass is 281 g/mol. The molecule has 2 aromatic rings. The van der Waals surface area contributed by atoms with E-state index in [4.69, 9.17) is 26.8 Å². The van der Waals surface area contributed by atoms with E-state index in [-0.39, 0.29) is 12.4 Å². The van der Waals surface area contributed by atoms with Crippen molar-refractivity contribution < 1.29 is 13.9 Å². The largest absolute Gasteiger partial charge is 0.494 e. The molecule has 0 atom stereocenters. The summed E-state index contributed by atoms with van der Waals surface area (Å²) in [5, 5.41) is 0.428. The molecule has 0 unspecified atom stereocenters. The van der Waals surface area contributed by atoms with Crippen molar-refractivity contribution in [3.05, 3.63) is 52.8 Å². The van der Waals surface area contributed by atoms with Crippen molar-refractivity contribution in [1.82, 2.24) is 0 Å². The molecular weight excluding hydrogens is 269 g/mol. The standard InChI is InChI=1S/C14H13ClFNO2/c1-18-12-4-2-3-9(14(12)16)8-19-13-7-10(17)5-6-11(13)15/h2-7H,8,17H2,1H3. The molecular formula is C14H13ClFNO2. The Morgan fingerprint density at radius 2 is 2.00 bits per heavy atom. The summed E-state index contributed by atoms with van der Waals surface area (Å²) >= 11 is 5.96. The van der Waals surface area contributed by atoms with E-state index in [0.29, 0.717) is 22.0 Å². The molecule has 5 heteroatoms. The summed E-state index contributed by atoms with van der Waals surface area (Å²) in [5.41, 5.74) is 6.56. The van der Waals surface area contributed by atoms with Gasteiger partial charge in [0, 0.05) is 17.3 Å². The van der Waals surface area contributed by atoms with E-state index >= 15 is 0 Å². The van der Waals surface area contributed by atoms with Gasteiger partial charge < -0.3 is 15.2 Å². The lowest BCUT2D eigenvalue weighted by Gasteiger charge is -2.11. The number of benzene rings is 2. The molecule has 0 saturated carbocycles. The average molecular weight is 282 g/mol. The van der Waals surface area contributed by atoms with Gasteiger partial charge in [-0.25, -0.2) is 4.39 Å². The third-order valence-electron chi connectivity index (χ3n) is 2.60. The molecule has 2 aromatic carbocycles. The Bertz CT molecular complexity index is 590. The fourth-order valence-electron chi connectivity index (χ4n) is 1.61. The predicted molar refractivity (Wildman–Crippen MR) is 73.1 cm³/mol. The average Bonchev–Trinajstić information content (AvgIpc) is 2.41. The van der Waals surface area contributed by atoms with Gasteiger partial charge in [-0.1, -0.05) is 23.7 Å². The minimum absolute atomic E-state index is 0.0478. The van der Waals surface area contributed by atoms with Crippen LogP contribution in [-0.2, 0) is 6.61 Å². The van der Waals surface area contributed by atoms with Gasteiger partial charge in [0.25, 0.3) is 0 Å². The van der Waals surface area contributed by atoms with Crippen LogP contribution in [-0.4, -0.2) is 7.11 Å². The summed E-state index contributed by atoms with van der Waals surface area (Å²) in [6, 6.07) is 9.77. The Hall–Kier alpha value is -1.94. The molecule has 19 heavy (non-hydrogen) atoms. The van der Waals surface area contributed by atoms with Crippen molar-refractivity contribution in [2.24, 2.45) is 0 Å². The van der Waals surface area contributed by atoms with Gasteiger partial charge >= 0.3 is 0 Å². The van der Waals surface area contributed by atoms with Gasteiger partial charge in [0.05, 0.1) is 12.1 Å². The number of nitrogen functional groups attached to an aromatic ring is 1. The second-order valence-electron chi connectivity index (χ2n) is 3.91. The molecule has 2 rings (SSSR count). The maximum atomic E-state index is 13.9. The first-order valence-electron chi connectivity index (χ1n) is 5.61. The second-order valence-corrected chi connectivity index (χ2v) is 4.32. The number of rotatable bonds is 4. The van der Waals surface area contributed by atoms with Crippen LogP contribution in [0.5, 0.6) is 11.5 Å². The molecule has 0 amide bonds. The van der Waals surface area contributed by atoms with Gasteiger partial charge in [0.2, 0.25) is 0 Å². The highest BCUT2D eigenvalue weighted by Crippen LogP contribution is 2.28. The summed E-state index contributed by atoms with van der Waals surface area (Å²) in [6.07, 6.45) is 0. The molecule has 0 heterocycles. The summed E-state index contributed by atoms with van der Waals surface area (Å²) in [6.45, 7) is 0.0478. The maximum Gasteiger partial charge on any atom is 0.171 e. The Labute approximate surface area is 115 Å². The quantitative estimate of drug-likeness (QED) is 0.870. The van der Waals surface area contributed by atoms with Crippen LogP contribution in [0.4, 0.5) is 10.1 Å². The van der Waals surface area contributed by atoms with Gasteiger partial charge in [-0.15, -0.1) is 0 Å². The normalized spacial score (nSPS) is 10.3. The Kier molecular flexibility index (Phi) is 4.12. The van der Waals surface area contributed by atoms with Crippen LogP contribution < -0.4 is 15.2 Å². The molecule has 2 N–H and O–H groups in total. The SMILES string of the molecule is COc1cccc(COc2cc(N)ccc2Cl)c1F. The molecule has 0 aromatic heterocycles. The van der Waals surface area contributed by atoms with Crippen LogP contribution in [0.15, 0.2) is 36.4 Å². The highest BCUT2D eigenvalue weighted by atomic mass is 35.5. The van der Waals surface area contributed by atoms with E-state index in [9.17, 15) is 4.39 Å². The minimum atomic E-state index is -0.440. The van der Waals surface area contributed by atoms with E-state index in [1.54, 1.807) is 36.4 Å². The topological polar surface area (TPSA) is 44.5 Å². The first-order valence-corrected chi connectivity index (χ1v) is 5.99. The van der Waals surface area contributed by atoms with E-state index in [1.165, 1.54) is 7.11 Å². The molecule has 0 aliphatic heterocycles. The molecule has 0 saturated heterocycles. The van der Waals surface area contributed by atoms with Crippen LogP contribution in [0.3, 0.4) is 0 Å². The Morgan fingerprint density at radius 3 is 2.74 bits per heavy atom. The van der Waals surface area contributed by atoms with Crippen molar-refractivity contribution in [2.45, 2.75) is 6.61 Å². The minimum Gasteiger partial charge on any atom is -0.494 e. The van der Waals surface area contributed by atoms with Crippen LogP contribution in [0.2, 0.25) is 5.02 Å². The highest BCUT2D eigenvalue weighted by molar-refractivity contribution is 6.32. The van der Waals surface area contributed by atoms with Gasteiger partial charge in [-0.05, 0) is 18.2 Å². The lowest BCUT2D eigenvalue weighted by molar-refractivity contribution is 0.296. The van der Waals surface area contributed by atoms with Crippen molar-refractivity contribution >= 4 is 17.3 Å². The summed E-state index contributed by atoms with van der Waals surface area (Å²) in [7, 11) is 1.41. The zero-order valence-electron chi connectivity index (χ0n) is 10.3. The van der Waals surface area contributed by atoms with Crippen molar-refractivity contribution in [2.75, 3.05) is 12.8 Å². The predicted octanol–water partition coefficient (Wildman–Crippen LogP) is 3.65.